The van der Waals surface area contributed by atoms with Crippen LogP contribution < -0.4 is 0 Å². The highest BCUT2D eigenvalue weighted by Gasteiger charge is 2.27. The Kier molecular flexibility index (Phi) is 3.41. The molecule has 0 aromatic carbocycles. The van der Waals surface area contributed by atoms with E-state index in [2.05, 4.69) is 10.8 Å². The van der Waals surface area contributed by atoms with Crippen molar-refractivity contribution in [3.63, 3.8) is 0 Å². The van der Waals surface area contributed by atoms with Crippen LogP contribution in [0.2, 0.25) is 0 Å². The fourth-order valence-corrected chi connectivity index (χ4v) is 1.16. The summed E-state index contributed by atoms with van der Waals surface area (Å²) in [7, 11) is 1.72. The van der Waals surface area contributed by atoms with Gasteiger partial charge in [-0.3, -0.25) is 4.90 Å². The van der Waals surface area contributed by atoms with Crippen LogP contribution in [0, 0.1) is 12.3 Å². The molecule has 0 aliphatic heterocycles. The van der Waals surface area contributed by atoms with E-state index in [1.807, 2.05) is 0 Å². The Morgan fingerprint density at radius 1 is 1.64 bits per heavy atom. The van der Waals surface area contributed by atoms with Gasteiger partial charge in [-0.25, -0.2) is 0 Å². The van der Waals surface area contributed by atoms with Crippen LogP contribution in [0.25, 0.3) is 0 Å². The minimum absolute atomic E-state index is 0.751. The quantitative estimate of drug-likeness (QED) is 0.540. The Labute approximate surface area is 68.5 Å². The summed E-state index contributed by atoms with van der Waals surface area (Å²) in [4.78, 5) is 2.31. The van der Waals surface area contributed by atoms with Crippen LogP contribution in [0.15, 0.2) is 0 Å². The normalized spacial score (nSPS) is 16.8. The van der Waals surface area contributed by atoms with Crippen LogP contribution in [0.3, 0.4) is 0 Å². The number of rotatable bonds is 5. The number of nitrogens with zero attached hydrogens (tertiary/aromatic N) is 1. The molecule has 0 aromatic rings. The van der Waals surface area contributed by atoms with Crippen molar-refractivity contribution in [2.75, 3.05) is 26.8 Å². The molecule has 1 aliphatic carbocycles. The third-order valence-corrected chi connectivity index (χ3v) is 1.94. The topological polar surface area (TPSA) is 12.5 Å². The molecule has 1 rings (SSSR count). The molecule has 0 spiro atoms. The highest BCUT2D eigenvalue weighted by molar-refractivity contribution is 4.94. The lowest BCUT2D eigenvalue weighted by atomic mass is 10.4. The summed E-state index contributed by atoms with van der Waals surface area (Å²) in [6.45, 7) is 2.54. The Bertz CT molecular complexity index is 146. The number of methoxy groups -OCH3 is 1. The zero-order valence-corrected chi connectivity index (χ0v) is 7.05. The predicted octanol–water partition coefficient (Wildman–Crippen LogP) is 0.730. The molecule has 0 bridgehead atoms. The van der Waals surface area contributed by atoms with Crippen LogP contribution in [0.1, 0.15) is 12.8 Å². The molecule has 11 heavy (non-hydrogen) atoms. The summed E-state index contributed by atoms with van der Waals surface area (Å²) in [5.74, 6) is 2.67. The van der Waals surface area contributed by atoms with E-state index in [0.29, 0.717) is 0 Å². The molecule has 1 fully saturated rings. The maximum absolute atomic E-state index is 5.23. The molecule has 0 unspecified atom stereocenters. The molecule has 0 radical (unpaired) electrons. The molecule has 2 nitrogen and oxygen atoms in total. The first-order valence-electron chi connectivity index (χ1n) is 4.05. The maximum Gasteiger partial charge on any atom is 0.0602 e. The molecule has 1 saturated carbocycles. The van der Waals surface area contributed by atoms with Gasteiger partial charge in [-0.1, -0.05) is 5.92 Å². The first-order valence-corrected chi connectivity index (χ1v) is 4.05. The summed E-state index contributed by atoms with van der Waals surface area (Å²) in [5.41, 5.74) is 0. The minimum atomic E-state index is 0.751. The summed E-state index contributed by atoms with van der Waals surface area (Å²) in [6, 6.07) is 0.751. The van der Waals surface area contributed by atoms with Crippen LogP contribution >= 0.6 is 0 Å². The predicted molar refractivity (Wildman–Crippen MR) is 45.3 cm³/mol. The van der Waals surface area contributed by atoms with E-state index in [9.17, 15) is 0 Å². The van der Waals surface area contributed by atoms with Gasteiger partial charge in [0.15, 0.2) is 0 Å². The third kappa shape index (κ3) is 2.92. The second kappa shape index (κ2) is 4.38. The van der Waals surface area contributed by atoms with Crippen molar-refractivity contribution in [2.45, 2.75) is 18.9 Å². The maximum atomic E-state index is 5.23. The van der Waals surface area contributed by atoms with Crippen LogP contribution in [0.5, 0.6) is 0 Å². The van der Waals surface area contributed by atoms with E-state index in [1.165, 1.54) is 12.8 Å². The highest BCUT2D eigenvalue weighted by Crippen LogP contribution is 2.25. The zero-order chi connectivity index (χ0) is 8.10. The van der Waals surface area contributed by atoms with E-state index in [1.54, 1.807) is 7.11 Å². The first-order chi connectivity index (χ1) is 5.38. The first kappa shape index (κ1) is 8.58. The second-order valence-corrected chi connectivity index (χ2v) is 2.90. The molecule has 0 aromatic heterocycles. The minimum Gasteiger partial charge on any atom is -0.383 e. The van der Waals surface area contributed by atoms with Crippen molar-refractivity contribution < 1.29 is 4.74 Å². The zero-order valence-electron chi connectivity index (χ0n) is 7.05. The average molecular weight is 153 g/mol. The Hall–Kier alpha value is -0.520. The van der Waals surface area contributed by atoms with Gasteiger partial charge in [-0.2, -0.15) is 0 Å². The third-order valence-electron chi connectivity index (χ3n) is 1.94. The lowest BCUT2D eigenvalue weighted by molar-refractivity contribution is 0.152. The Morgan fingerprint density at radius 3 is 2.82 bits per heavy atom. The molecule has 0 atom stereocenters. The van der Waals surface area contributed by atoms with Gasteiger partial charge < -0.3 is 4.74 Å². The standard InChI is InChI=1S/C9H15NO/c1-3-6-10(7-8-11-2)9-4-5-9/h1,9H,4-8H2,2H3. The Balaban J connectivity index is 2.16. The molecule has 0 amide bonds. The number of ether oxygens (including phenoxy) is 1. The van der Waals surface area contributed by atoms with Crippen LogP contribution in [-0.4, -0.2) is 37.7 Å². The van der Waals surface area contributed by atoms with Crippen molar-refractivity contribution in [1.82, 2.24) is 4.90 Å². The summed E-state index contributed by atoms with van der Waals surface area (Å²) < 4.78 is 4.99. The van der Waals surface area contributed by atoms with Crippen molar-refractivity contribution >= 4 is 0 Å². The lowest BCUT2D eigenvalue weighted by Gasteiger charge is -2.17. The fraction of sp³-hybridized carbons (Fsp3) is 0.778. The smallest absolute Gasteiger partial charge is 0.0602 e. The van der Waals surface area contributed by atoms with E-state index in [0.717, 1.165) is 25.7 Å². The molecular weight excluding hydrogens is 138 g/mol. The summed E-state index contributed by atoms with van der Waals surface area (Å²) >= 11 is 0. The molecule has 1 aliphatic rings. The second-order valence-electron chi connectivity index (χ2n) is 2.90. The van der Waals surface area contributed by atoms with Crippen LogP contribution in [-0.2, 0) is 4.74 Å². The van der Waals surface area contributed by atoms with Crippen molar-refractivity contribution in [3.8, 4) is 12.3 Å². The fourth-order valence-electron chi connectivity index (χ4n) is 1.16. The van der Waals surface area contributed by atoms with E-state index < -0.39 is 0 Å². The van der Waals surface area contributed by atoms with Gasteiger partial charge in [0.1, 0.15) is 0 Å². The van der Waals surface area contributed by atoms with E-state index >= 15 is 0 Å². The van der Waals surface area contributed by atoms with Gasteiger partial charge >= 0.3 is 0 Å². The number of hydrogen-bond donors (Lipinski definition) is 0. The van der Waals surface area contributed by atoms with Gasteiger partial charge in [-0.05, 0) is 12.8 Å². The van der Waals surface area contributed by atoms with Crippen molar-refractivity contribution in [1.29, 1.82) is 0 Å². The molecule has 0 heterocycles. The molecule has 2 heteroatoms. The molecule has 0 saturated heterocycles. The lowest BCUT2D eigenvalue weighted by Crippen LogP contribution is -2.29. The SMILES string of the molecule is C#CCN(CCOC)C1CC1. The molecule has 0 N–H and O–H groups in total. The van der Waals surface area contributed by atoms with Crippen molar-refractivity contribution in [2.24, 2.45) is 0 Å². The van der Waals surface area contributed by atoms with E-state index in [4.69, 9.17) is 11.2 Å². The average Bonchev–Trinajstić information content (AvgIpc) is 2.80. The summed E-state index contributed by atoms with van der Waals surface area (Å²) in [5, 5.41) is 0. The van der Waals surface area contributed by atoms with Gasteiger partial charge in [0.2, 0.25) is 0 Å². The monoisotopic (exact) mass is 153 g/mol. The number of terminal acetylenes is 1. The van der Waals surface area contributed by atoms with Gasteiger partial charge in [0.05, 0.1) is 13.2 Å². The molecular formula is C9H15NO. The van der Waals surface area contributed by atoms with Gasteiger partial charge in [-0.15, -0.1) is 6.42 Å². The van der Waals surface area contributed by atoms with Crippen molar-refractivity contribution in [3.05, 3.63) is 0 Å². The van der Waals surface area contributed by atoms with Gasteiger partial charge in [0, 0.05) is 19.7 Å². The largest absolute Gasteiger partial charge is 0.383 e. The Morgan fingerprint density at radius 2 is 2.36 bits per heavy atom. The molecule has 62 valence electrons. The highest BCUT2D eigenvalue weighted by atomic mass is 16.5. The summed E-state index contributed by atoms with van der Waals surface area (Å²) in [6.07, 6.45) is 7.86. The number of hydrogen-bond acceptors (Lipinski definition) is 2. The van der Waals surface area contributed by atoms with Crippen LogP contribution in [0.4, 0.5) is 0 Å². The van der Waals surface area contributed by atoms with Gasteiger partial charge in [0.25, 0.3) is 0 Å². The van der Waals surface area contributed by atoms with E-state index in [-0.39, 0.29) is 0 Å².